The lowest BCUT2D eigenvalue weighted by molar-refractivity contribution is 0.150. The molecule has 0 bridgehead atoms. The molecule has 0 N–H and O–H groups in total. The highest BCUT2D eigenvalue weighted by atomic mass is 79.9. The molecule has 6 heteroatoms. The third-order valence-electron chi connectivity index (χ3n) is 1.82. The highest BCUT2D eigenvalue weighted by Gasteiger charge is 2.15. The SMILES string of the molecule is FC(F)c1cccnc1-n1cc(Br)cn1. The smallest absolute Gasteiger partial charge is 0.237 e. The van der Waals surface area contributed by atoms with Crippen molar-refractivity contribution in [3.05, 3.63) is 40.8 Å². The lowest BCUT2D eigenvalue weighted by Gasteiger charge is -2.06. The van der Waals surface area contributed by atoms with Crippen LogP contribution in [0.5, 0.6) is 0 Å². The maximum absolute atomic E-state index is 12.6. The summed E-state index contributed by atoms with van der Waals surface area (Å²) >= 11 is 3.19. The van der Waals surface area contributed by atoms with Gasteiger partial charge in [0.15, 0.2) is 5.82 Å². The molecule has 0 radical (unpaired) electrons. The summed E-state index contributed by atoms with van der Waals surface area (Å²) in [6, 6.07) is 2.81. The van der Waals surface area contributed by atoms with Crippen LogP contribution in [0.3, 0.4) is 0 Å². The van der Waals surface area contributed by atoms with Crippen LogP contribution >= 0.6 is 15.9 Å². The molecule has 0 spiro atoms. The molecule has 15 heavy (non-hydrogen) atoms. The van der Waals surface area contributed by atoms with Gasteiger partial charge in [-0.15, -0.1) is 0 Å². The van der Waals surface area contributed by atoms with E-state index in [-0.39, 0.29) is 11.4 Å². The van der Waals surface area contributed by atoms with Gasteiger partial charge < -0.3 is 0 Å². The van der Waals surface area contributed by atoms with E-state index in [1.54, 1.807) is 6.20 Å². The van der Waals surface area contributed by atoms with Crippen LogP contribution in [0.2, 0.25) is 0 Å². The highest BCUT2D eigenvalue weighted by Crippen LogP contribution is 2.24. The molecule has 0 amide bonds. The molecule has 78 valence electrons. The van der Waals surface area contributed by atoms with Crippen LogP contribution in [0.25, 0.3) is 5.82 Å². The second-order valence-corrected chi connectivity index (χ2v) is 3.74. The Morgan fingerprint density at radius 1 is 1.40 bits per heavy atom. The van der Waals surface area contributed by atoms with Crippen molar-refractivity contribution in [3.63, 3.8) is 0 Å². The Morgan fingerprint density at radius 2 is 2.20 bits per heavy atom. The average molecular weight is 274 g/mol. The first-order chi connectivity index (χ1) is 7.18. The maximum Gasteiger partial charge on any atom is 0.267 e. The summed E-state index contributed by atoms with van der Waals surface area (Å²) in [7, 11) is 0. The van der Waals surface area contributed by atoms with Gasteiger partial charge in [0.05, 0.1) is 16.2 Å². The van der Waals surface area contributed by atoms with Crippen LogP contribution in [0.15, 0.2) is 35.2 Å². The first-order valence-corrected chi connectivity index (χ1v) is 4.91. The largest absolute Gasteiger partial charge is 0.267 e. The van der Waals surface area contributed by atoms with E-state index in [0.29, 0.717) is 4.47 Å². The number of rotatable bonds is 2. The molecular weight excluding hydrogens is 268 g/mol. The van der Waals surface area contributed by atoms with E-state index < -0.39 is 6.43 Å². The van der Waals surface area contributed by atoms with Gasteiger partial charge in [-0.2, -0.15) is 5.10 Å². The second kappa shape index (κ2) is 4.06. The highest BCUT2D eigenvalue weighted by molar-refractivity contribution is 9.10. The van der Waals surface area contributed by atoms with Gasteiger partial charge in [-0.05, 0) is 28.1 Å². The normalized spacial score (nSPS) is 10.9. The summed E-state index contributed by atoms with van der Waals surface area (Å²) in [5.41, 5.74) is -0.131. The van der Waals surface area contributed by atoms with Crippen LogP contribution in [0.4, 0.5) is 8.78 Å². The quantitative estimate of drug-likeness (QED) is 0.842. The van der Waals surface area contributed by atoms with E-state index in [2.05, 4.69) is 26.0 Å². The molecule has 2 heterocycles. The standard InChI is InChI=1S/C9H6BrF2N3/c10-6-4-14-15(5-6)9-7(8(11)12)2-1-3-13-9/h1-5,8H. The van der Waals surface area contributed by atoms with E-state index >= 15 is 0 Å². The van der Waals surface area contributed by atoms with E-state index in [1.165, 1.54) is 29.2 Å². The molecular formula is C9H6BrF2N3. The van der Waals surface area contributed by atoms with Crippen LogP contribution < -0.4 is 0 Å². The molecule has 0 atom stereocenters. The van der Waals surface area contributed by atoms with Crippen LogP contribution in [-0.2, 0) is 0 Å². The molecule has 0 aliphatic carbocycles. The van der Waals surface area contributed by atoms with Gasteiger partial charge in [-0.25, -0.2) is 18.4 Å². The van der Waals surface area contributed by atoms with Crippen molar-refractivity contribution < 1.29 is 8.78 Å². The topological polar surface area (TPSA) is 30.7 Å². The lowest BCUT2D eigenvalue weighted by Crippen LogP contribution is -2.03. The number of hydrogen-bond acceptors (Lipinski definition) is 2. The van der Waals surface area contributed by atoms with Crippen LogP contribution in [-0.4, -0.2) is 14.8 Å². The maximum atomic E-state index is 12.6. The summed E-state index contributed by atoms with van der Waals surface area (Å²) < 4.78 is 27.3. The van der Waals surface area contributed by atoms with E-state index in [4.69, 9.17) is 0 Å². The Hall–Kier alpha value is -1.30. The van der Waals surface area contributed by atoms with Gasteiger partial charge in [-0.1, -0.05) is 0 Å². The molecule has 0 aliphatic rings. The number of aromatic nitrogens is 3. The zero-order valence-corrected chi connectivity index (χ0v) is 9.03. The fraction of sp³-hybridized carbons (Fsp3) is 0.111. The lowest BCUT2D eigenvalue weighted by atomic mass is 10.2. The van der Waals surface area contributed by atoms with Gasteiger partial charge in [0.1, 0.15) is 0 Å². The van der Waals surface area contributed by atoms with Gasteiger partial charge in [0.2, 0.25) is 0 Å². The minimum atomic E-state index is -2.56. The molecule has 2 aromatic rings. The van der Waals surface area contributed by atoms with Crippen molar-refractivity contribution in [2.24, 2.45) is 0 Å². The summed E-state index contributed by atoms with van der Waals surface area (Å²) in [6.45, 7) is 0. The van der Waals surface area contributed by atoms with Crippen LogP contribution in [0.1, 0.15) is 12.0 Å². The fourth-order valence-corrected chi connectivity index (χ4v) is 1.47. The first-order valence-electron chi connectivity index (χ1n) is 4.12. The van der Waals surface area contributed by atoms with Crippen molar-refractivity contribution in [3.8, 4) is 5.82 Å². The fourth-order valence-electron chi connectivity index (χ4n) is 1.19. The summed E-state index contributed by atoms with van der Waals surface area (Å²) in [5, 5.41) is 3.90. The molecule has 3 nitrogen and oxygen atoms in total. The van der Waals surface area contributed by atoms with E-state index in [1.807, 2.05) is 0 Å². The van der Waals surface area contributed by atoms with E-state index in [0.717, 1.165) is 0 Å². The number of nitrogens with zero attached hydrogens (tertiary/aromatic N) is 3. The average Bonchev–Trinajstić information content (AvgIpc) is 2.65. The third-order valence-corrected chi connectivity index (χ3v) is 2.23. The Bertz CT molecular complexity index is 470. The molecule has 0 fully saturated rings. The first kappa shape index (κ1) is 10.2. The van der Waals surface area contributed by atoms with Crippen molar-refractivity contribution in [2.45, 2.75) is 6.43 Å². The minimum Gasteiger partial charge on any atom is -0.237 e. The minimum absolute atomic E-state index is 0.131. The Balaban J connectivity index is 2.52. The third kappa shape index (κ3) is 2.04. The molecule has 0 saturated heterocycles. The summed E-state index contributed by atoms with van der Waals surface area (Å²) in [5.74, 6) is 0.151. The number of pyridine rings is 1. The van der Waals surface area contributed by atoms with Crippen molar-refractivity contribution >= 4 is 15.9 Å². The molecule has 0 saturated carbocycles. The van der Waals surface area contributed by atoms with Crippen molar-refractivity contribution in [1.82, 2.24) is 14.8 Å². The molecule has 0 aliphatic heterocycles. The molecule has 2 rings (SSSR count). The van der Waals surface area contributed by atoms with Gasteiger partial charge in [0, 0.05) is 12.4 Å². The van der Waals surface area contributed by atoms with E-state index in [9.17, 15) is 8.78 Å². The Morgan fingerprint density at radius 3 is 2.80 bits per heavy atom. The predicted octanol–water partition coefficient (Wildman–Crippen LogP) is 2.97. The van der Waals surface area contributed by atoms with Crippen molar-refractivity contribution in [1.29, 1.82) is 0 Å². The number of halogens is 3. The Labute approximate surface area is 92.9 Å². The number of hydrogen-bond donors (Lipinski definition) is 0. The van der Waals surface area contributed by atoms with Gasteiger partial charge >= 0.3 is 0 Å². The molecule has 0 aromatic carbocycles. The summed E-state index contributed by atoms with van der Waals surface area (Å²) in [6.07, 6.45) is 1.99. The van der Waals surface area contributed by atoms with Gasteiger partial charge in [-0.3, -0.25) is 0 Å². The van der Waals surface area contributed by atoms with Crippen molar-refractivity contribution in [2.75, 3.05) is 0 Å². The zero-order chi connectivity index (χ0) is 10.8. The summed E-state index contributed by atoms with van der Waals surface area (Å²) in [4.78, 5) is 3.88. The zero-order valence-electron chi connectivity index (χ0n) is 7.44. The number of alkyl halides is 2. The Kier molecular flexibility index (Phi) is 2.77. The monoisotopic (exact) mass is 273 g/mol. The predicted molar refractivity (Wildman–Crippen MR) is 54.0 cm³/mol. The molecule has 0 unspecified atom stereocenters. The molecule has 2 aromatic heterocycles. The second-order valence-electron chi connectivity index (χ2n) is 2.82. The van der Waals surface area contributed by atoms with Crippen LogP contribution in [0, 0.1) is 0 Å². The van der Waals surface area contributed by atoms with Gasteiger partial charge in [0.25, 0.3) is 6.43 Å².